The molecule has 0 aliphatic rings. The van der Waals surface area contributed by atoms with Gasteiger partial charge in [-0.2, -0.15) is 0 Å². The molecule has 0 rings (SSSR count). The van der Waals surface area contributed by atoms with Crippen molar-refractivity contribution in [2.75, 3.05) is 26.4 Å². The predicted octanol–water partition coefficient (Wildman–Crippen LogP) is 10.8. The van der Waals surface area contributed by atoms with Gasteiger partial charge >= 0.3 is 19.8 Å². The van der Waals surface area contributed by atoms with E-state index < -0.39 is 57.9 Å². The molecular weight excluding hydrogens is 747 g/mol. The van der Waals surface area contributed by atoms with Crippen molar-refractivity contribution in [3.63, 3.8) is 0 Å². The van der Waals surface area contributed by atoms with Gasteiger partial charge in [0.2, 0.25) is 0 Å². The fraction of sp³-hybridized carbons (Fsp3) is 0.822. The summed E-state index contributed by atoms with van der Waals surface area (Å²) in [5.41, 5.74) is 0. The smallest absolute Gasteiger partial charge is 0.462 e. The van der Waals surface area contributed by atoms with Crippen molar-refractivity contribution in [2.24, 2.45) is 5.92 Å². The zero-order chi connectivity index (χ0) is 42.2. The third-order valence-electron chi connectivity index (χ3n) is 9.95. The highest BCUT2D eigenvalue weighted by Gasteiger charge is 2.27. The van der Waals surface area contributed by atoms with Crippen LogP contribution in [0.5, 0.6) is 0 Å². The fourth-order valence-corrected chi connectivity index (χ4v) is 6.88. The molecule has 11 nitrogen and oxygen atoms in total. The van der Waals surface area contributed by atoms with Crippen LogP contribution in [0, 0.1) is 5.92 Å². The lowest BCUT2D eigenvalue weighted by Gasteiger charge is -2.20. The Kier molecular flexibility index (Phi) is 38.3. The summed E-state index contributed by atoms with van der Waals surface area (Å²) in [7, 11) is -4.64. The van der Waals surface area contributed by atoms with Gasteiger partial charge < -0.3 is 29.7 Å². The molecule has 4 N–H and O–H groups in total. The molecule has 0 saturated carbocycles. The average Bonchev–Trinajstić information content (AvgIpc) is 3.19. The van der Waals surface area contributed by atoms with Crippen LogP contribution in [0.3, 0.4) is 0 Å². The highest BCUT2D eigenvalue weighted by Crippen LogP contribution is 2.43. The van der Waals surface area contributed by atoms with Gasteiger partial charge in [0.15, 0.2) is 6.10 Å². The first-order chi connectivity index (χ1) is 27.5. The number of carbonyl (C=O) groups excluding carboxylic acids is 2. The van der Waals surface area contributed by atoms with Gasteiger partial charge in [0.25, 0.3) is 0 Å². The molecule has 57 heavy (non-hydrogen) atoms. The van der Waals surface area contributed by atoms with Gasteiger partial charge in [0.1, 0.15) is 12.7 Å². The Hall–Kier alpha value is -1.85. The number of phosphoric ester groups is 1. The standard InChI is InChI=1S/C45H83O11P/c1-4-6-7-8-17-22-27-32-41(47)33-28-23-20-25-30-35-45(50)56-43(39-55-57(51,52)54-37-42(48)36-46)38-53-44(49)34-29-24-19-16-14-12-10-9-11-13-15-18-21-26-31-40(3)5-2/h6-7,17,22,27,32,40-43,46-48H,4-5,8-16,18-21,23-26,28-31,33-39H2,1-3H3,(H,51,52)/b7-6+,22-17+,32-27+/t40?,41?,42-,43+/m0/s1. The van der Waals surface area contributed by atoms with E-state index in [0.717, 1.165) is 63.7 Å². The fourth-order valence-electron chi connectivity index (χ4n) is 6.09. The van der Waals surface area contributed by atoms with Crippen molar-refractivity contribution in [1.82, 2.24) is 0 Å². The Morgan fingerprint density at radius 1 is 0.632 bits per heavy atom. The SMILES string of the molecule is CC/C=C/C/C=C/C=C/C(O)CCCCCCCC(=O)O[C@H](COC(=O)CCCCCCCCCCCCCCCCC(C)CC)COP(=O)(O)OC[C@@H](O)CO. The molecule has 0 saturated heterocycles. The summed E-state index contributed by atoms with van der Waals surface area (Å²) >= 11 is 0. The van der Waals surface area contributed by atoms with E-state index in [2.05, 4.69) is 37.4 Å². The first-order valence-corrected chi connectivity index (χ1v) is 23.9. The van der Waals surface area contributed by atoms with Crippen molar-refractivity contribution < 1.29 is 52.9 Å². The van der Waals surface area contributed by atoms with Crippen molar-refractivity contribution >= 4 is 19.8 Å². The summed E-state index contributed by atoms with van der Waals surface area (Å²) in [5, 5.41) is 28.5. The molecule has 334 valence electrons. The van der Waals surface area contributed by atoms with Crippen LogP contribution in [0.25, 0.3) is 0 Å². The van der Waals surface area contributed by atoms with E-state index >= 15 is 0 Å². The molecule has 0 aliphatic carbocycles. The number of allylic oxidation sites excluding steroid dienone is 5. The maximum atomic E-state index is 12.6. The number of hydrogen-bond donors (Lipinski definition) is 4. The molecule has 0 bridgehead atoms. The lowest BCUT2D eigenvalue weighted by atomic mass is 9.99. The monoisotopic (exact) mass is 831 g/mol. The Bertz CT molecular complexity index is 1080. The molecule has 0 amide bonds. The predicted molar refractivity (Wildman–Crippen MR) is 230 cm³/mol. The highest BCUT2D eigenvalue weighted by atomic mass is 31.2. The number of hydrogen-bond acceptors (Lipinski definition) is 10. The number of ether oxygens (including phenoxy) is 2. The molecule has 12 heteroatoms. The zero-order valence-corrected chi connectivity index (χ0v) is 37.0. The lowest BCUT2D eigenvalue weighted by Crippen LogP contribution is -2.29. The van der Waals surface area contributed by atoms with E-state index in [9.17, 15) is 29.3 Å². The highest BCUT2D eigenvalue weighted by molar-refractivity contribution is 7.47. The summed E-state index contributed by atoms with van der Waals surface area (Å²) < 4.78 is 32.7. The van der Waals surface area contributed by atoms with Gasteiger partial charge in [-0.1, -0.05) is 179 Å². The van der Waals surface area contributed by atoms with Gasteiger partial charge in [-0.3, -0.25) is 18.6 Å². The van der Waals surface area contributed by atoms with Gasteiger partial charge in [0.05, 0.1) is 25.9 Å². The number of aliphatic hydroxyl groups excluding tert-OH is 3. The summed E-state index contributed by atoms with van der Waals surface area (Å²) in [4.78, 5) is 35.0. The second-order valence-electron chi connectivity index (χ2n) is 15.5. The summed E-state index contributed by atoms with van der Waals surface area (Å²) in [6.07, 6.45) is 35.5. The van der Waals surface area contributed by atoms with Crippen LogP contribution in [0.4, 0.5) is 0 Å². The number of rotatable bonds is 41. The van der Waals surface area contributed by atoms with E-state index in [1.54, 1.807) is 6.08 Å². The maximum Gasteiger partial charge on any atom is 0.472 e. The molecule has 3 unspecified atom stereocenters. The van der Waals surface area contributed by atoms with Gasteiger partial charge in [-0.05, 0) is 38.0 Å². The third kappa shape index (κ3) is 39.4. The number of aliphatic hydroxyl groups is 3. The summed E-state index contributed by atoms with van der Waals surface area (Å²) in [6, 6.07) is 0. The molecule has 0 aromatic heterocycles. The Morgan fingerprint density at radius 2 is 1.14 bits per heavy atom. The molecule has 5 atom stereocenters. The molecule has 0 fully saturated rings. The second-order valence-corrected chi connectivity index (χ2v) is 16.9. The second kappa shape index (κ2) is 39.6. The Balaban J connectivity index is 4.33. The number of unbranched alkanes of at least 4 members (excludes halogenated alkanes) is 17. The van der Waals surface area contributed by atoms with Crippen molar-refractivity contribution in [3.8, 4) is 0 Å². The lowest BCUT2D eigenvalue weighted by molar-refractivity contribution is -0.161. The minimum Gasteiger partial charge on any atom is -0.462 e. The first-order valence-electron chi connectivity index (χ1n) is 22.4. The molecule has 0 aliphatic heterocycles. The van der Waals surface area contributed by atoms with Crippen LogP contribution in [-0.4, -0.2) is 76.9 Å². The van der Waals surface area contributed by atoms with Crippen LogP contribution in [0.2, 0.25) is 0 Å². The first kappa shape index (κ1) is 55.2. The summed E-state index contributed by atoms with van der Waals surface area (Å²) in [6.45, 7) is 4.52. The number of phosphoric acid groups is 1. The van der Waals surface area contributed by atoms with Crippen LogP contribution >= 0.6 is 7.82 Å². The maximum absolute atomic E-state index is 12.6. The summed E-state index contributed by atoms with van der Waals surface area (Å²) in [5.74, 6) is -0.127. The van der Waals surface area contributed by atoms with Crippen molar-refractivity contribution in [1.29, 1.82) is 0 Å². The van der Waals surface area contributed by atoms with E-state index in [1.807, 2.05) is 18.2 Å². The largest absolute Gasteiger partial charge is 0.472 e. The quantitative estimate of drug-likeness (QED) is 0.0152. The molecule has 0 spiro atoms. The molecule has 0 radical (unpaired) electrons. The Morgan fingerprint density at radius 3 is 1.68 bits per heavy atom. The average molecular weight is 831 g/mol. The van der Waals surface area contributed by atoms with E-state index in [4.69, 9.17) is 19.1 Å². The number of carbonyl (C=O) groups is 2. The van der Waals surface area contributed by atoms with Gasteiger partial charge in [-0.15, -0.1) is 0 Å². The topological polar surface area (TPSA) is 169 Å². The minimum absolute atomic E-state index is 0.115. The van der Waals surface area contributed by atoms with Gasteiger partial charge in [0, 0.05) is 12.8 Å². The molecular formula is C45H83O11P. The Labute approximate surface area is 346 Å². The van der Waals surface area contributed by atoms with Crippen LogP contribution < -0.4 is 0 Å². The van der Waals surface area contributed by atoms with Crippen molar-refractivity contribution in [3.05, 3.63) is 36.5 Å². The third-order valence-corrected chi connectivity index (χ3v) is 10.9. The van der Waals surface area contributed by atoms with Crippen molar-refractivity contribution in [2.45, 2.75) is 206 Å². The van der Waals surface area contributed by atoms with Crippen LogP contribution in [0.1, 0.15) is 188 Å². The number of esters is 2. The van der Waals surface area contributed by atoms with Crippen LogP contribution in [-0.2, 0) is 32.7 Å². The van der Waals surface area contributed by atoms with E-state index in [-0.39, 0.29) is 19.4 Å². The van der Waals surface area contributed by atoms with E-state index in [0.29, 0.717) is 19.3 Å². The molecule has 0 aromatic rings. The normalized spacial score (nSPS) is 15.3. The van der Waals surface area contributed by atoms with E-state index in [1.165, 1.54) is 77.0 Å². The zero-order valence-electron chi connectivity index (χ0n) is 36.1. The minimum atomic E-state index is -4.64. The molecule has 0 aromatic carbocycles. The van der Waals surface area contributed by atoms with Gasteiger partial charge in [-0.25, -0.2) is 4.57 Å². The van der Waals surface area contributed by atoms with Crippen LogP contribution in [0.15, 0.2) is 36.5 Å². The molecule has 0 heterocycles.